The molecule has 1 amide bonds. The molecule has 0 saturated heterocycles. The molecule has 1 aromatic rings. The lowest BCUT2D eigenvalue weighted by Crippen LogP contribution is -2.11. The molecule has 17 heavy (non-hydrogen) atoms. The van der Waals surface area contributed by atoms with Crippen LogP contribution in [0.25, 0.3) is 0 Å². The number of rotatable bonds is 4. The third-order valence-corrected chi connectivity index (χ3v) is 2.34. The van der Waals surface area contributed by atoms with Crippen LogP contribution in [0.5, 0.6) is 0 Å². The van der Waals surface area contributed by atoms with Gasteiger partial charge < -0.3 is 10.2 Å². The first-order chi connectivity index (χ1) is 7.54. The molecule has 0 radical (unpaired) electrons. The van der Waals surface area contributed by atoms with E-state index < -0.39 is 5.24 Å². The number of hydrogen-bond donors (Lipinski definition) is 1. The van der Waals surface area contributed by atoms with Crippen LogP contribution in [0, 0.1) is 0 Å². The SMILES string of the molecule is CO/N=C(\C(=O)Cl)c1csc(NC(C)=O)n1.Cl. The number of aromatic nitrogens is 1. The van der Waals surface area contributed by atoms with Gasteiger partial charge in [0.25, 0.3) is 5.24 Å². The number of oxime groups is 1. The number of anilines is 1. The van der Waals surface area contributed by atoms with E-state index in [1.165, 1.54) is 14.0 Å². The van der Waals surface area contributed by atoms with Crippen molar-refractivity contribution in [1.82, 2.24) is 4.98 Å². The summed E-state index contributed by atoms with van der Waals surface area (Å²) in [4.78, 5) is 30.2. The summed E-state index contributed by atoms with van der Waals surface area (Å²) >= 11 is 6.46. The Morgan fingerprint density at radius 3 is 2.71 bits per heavy atom. The van der Waals surface area contributed by atoms with Crippen LogP contribution >= 0.6 is 35.3 Å². The Morgan fingerprint density at radius 2 is 2.24 bits per heavy atom. The molecule has 0 aliphatic heterocycles. The highest BCUT2D eigenvalue weighted by molar-refractivity contribution is 7.14. The van der Waals surface area contributed by atoms with E-state index in [1.54, 1.807) is 5.38 Å². The van der Waals surface area contributed by atoms with Gasteiger partial charge in [-0.05, 0) is 11.6 Å². The number of carbonyl (C=O) groups is 2. The average Bonchev–Trinajstić information content (AvgIpc) is 2.60. The largest absolute Gasteiger partial charge is 0.398 e. The van der Waals surface area contributed by atoms with Gasteiger partial charge in [0, 0.05) is 12.3 Å². The lowest BCUT2D eigenvalue weighted by molar-refractivity contribution is -0.114. The molecular weight excluding hydrogens is 289 g/mol. The molecule has 0 unspecified atom stereocenters. The molecular formula is C8H9Cl2N3O3S. The third kappa shape index (κ3) is 4.68. The summed E-state index contributed by atoms with van der Waals surface area (Å²) in [6.07, 6.45) is 0. The van der Waals surface area contributed by atoms with Gasteiger partial charge in [0.15, 0.2) is 10.8 Å². The molecule has 0 aromatic carbocycles. The molecule has 1 rings (SSSR count). The van der Waals surface area contributed by atoms with Crippen LogP contribution < -0.4 is 5.32 Å². The Labute approximate surface area is 112 Å². The summed E-state index contributed by atoms with van der Waals surface area (Å²) in [5, 5.41) is 7.07. The van der Waals surface area contributed by atoms with Gasteiger partial charge >= 0.3 is 0 Å². The van der Waals surface area contributed by atoms with Crippen molar-refractivity contribution in [3.05, 3.63) is 11.1 Å². The molecule has 0 fully saturated rings. The first-order valence-electron chi connectivity index (χ1n) is 4.09. The molecule has 94 valence electrons. The normalized spacial score (nSPS) is 10.4. The van der Waals surface area contributed by atoms with Gasteiger partial charge in [0.1, 0.15) is 12.8 Å². The molecule has 0 spiro atoms. The second-order valence-corrected chi connectivity index (χ2v) is 3.82. The number of nitrogens with zero attached hydrogens (tertiary/aromatic N) is 2. The highest BCUT2D eigenvalue weighted by Gasteiger charge is 2.16. The number of nitrogens with one attached hydrogen (secondary N) is 1. The van der Waals surface area contributed by atoms with Crippen molar-refractivity contribution in [3.63, 3.8) is 0 Å². The zero-order chi connectivity index (χ0) is 12.1. The molecule has 0 saturated carbocycles. The first kappa shape index (κ1) is 15.8. The Kier molecular flexibility index (Phi) is 6.71. The molecule has 0 atom stereocenters. The predicted molar refractivity (Wildman–Crippen MR) is 68.1 cm³/mol. The van der Waals surface area contributed by atoms with Gasteiger partial charge in [-0.1, -0.05) is 5.16 Å². The van der Waals surface area contributed by atoms with Crippen molar-refractivity contribution in [2.75, 3.05) is 12.4 Å². The second-order valence-electron chi connectivity index (χ2n) is 2.62. The standard InChI is InChI=1S/C8H8ClN3O3S.ClH/c1-4(13)10-8-11-5(3-16-8)6(7(9)14)12-15-2;/h3H,1-2H3,(H,10,11,13);1H/b12-6-;. The summed E-state index contributed by atoms with van der Waals surface area (Å²) in [6, 6.07) is 0. The molecule has 9 heteroatoms. The fraction of sp³-hybridized carbons (Fsp3) is 0.250. The minimum Gasteiger partial charge on any atom is -0.398 e. The van der Waals surface area contributed by atoms with Gasteiger partial charge in [-0.3, -0.25) is 9.59 Å². The fourth-order valence-electron chi connectivity index (χ4n) is 0.865. The summed E-state index contributed by atoms with van der Waals surface area (Å²) in [7, 11) is 1.29. The lowest BCUT2D eigenvalue weighted by atomic mass is 10.3. The monoisotopic (exact) mass is 297 g/mol. The lowest BCUT2D eigenvalue weighted by Gasteiger charge is -1.95. The van der Waals surface area contributed by atoms with Crippen molar-refractivity contribution in [2.24, 2.45) is 5.16 Å². The van der Waals surface area contributed by atoms with Crippen molar-refractivity contribution in [2.45, 2.75) is 6.92 Å². The van der Waals surface area contributed by atoms with E-state index in [0.717, 1.165) is 11.3 Å². The number of carbonyl (C=O) groups excluding carboxylic acids is 2. The van der Waals surface area contributed by atoms with Crippen molar-refractivity contribution in [1.29, 1.82) is 0 Å². The van der Waals surface area contributed by atoms with E-state index >= 15 is 0 Å². The number of amides is 1. The van der Waals surface area contributed by atoms with Gasteiger partial charge in [-0.2, -0.15) is 0 Å². The minimum absolute atomic E-state index is 0. The van der Waals surface area contributed by atoms with Gasteiger partial charge in [-0.15, -0.1) is 23.7 Å². The molecule has 6 nitrogen and oxygen atoms in total. The van der Waals surface area contributed by atoms with Crippen molar-refractivity contribution in [3.8, 4) is 0 Å². The van der Waals surface area contributed by atoms with Gasteiger partial charge in [-0.25, -0.2) is 4.98 Å². The molecule has 0 aliphatic rings. The van der Waals surface area contributed by atoms with Crippen molar-refractivity contribution >= 4 is 57.3 Å². The maximum absolute atomic E-state index is 11.0. The van der Waals surface area contributed by atoms with E-state index in [1.807, 2.05) is 0 Å². The molecule has 0 bridgehead atoms. The Morgan fingerprint density at radius 1 is 1.59 bits per heavy atom. The number of hydrogen-bond acceptors (Lipinski definition) is 6. The molecule has 1 heterocycles. The highest BCUT2D eigenvalue weighted by atomic mass is 35.5. The molecule has 1 aromatic heterocycles. The molecule has 0 aliphatic carbocycles. The van der Waals surface area contributed by atoms with Crippen LogP contribution in [0.4, 0.5) is 5.13 Å². The number of thiazole rings is 1. The summed E-state index contributed by atoms with van der Waals surface area (Å²) in [5.74, 6) is -0.247. The van der Waals surface area contributed by atoms with Crippen LogP contribution in [0.1, 0.15) is 12.6 Å². The third-order valence-electron chi connectivity index (χ3n) is 1.40. The van der Waals surface area contributed by atoms with E-state index in [2.05, 4.69) is 20.3 Å². The van der Waals surface area contributed by atoms with E-state index in [9.17, 15) is 9.59 Å². The van der Waals surface area contributed by atoms with Crippen molar-refractivity contribution < 1.29 is 14.4 Å². The zero-order valence-electron chi connectivity index (χ0n) is 8.89. The Hall–Kier alpha value is -1.18. The second kappa shape index (κ2) is 7.21. The van der Waals surface area contributed by atoms with Crippen LogP contribution in [-0.4, -0.2) is 29.0 Å². The van der Waals surface area contributed by atoms with E-state index in [4.69, 9.17) is 11.6 Å². The van der Waals surface area contributed by atoms with Crippen LogP contribution in [0.2, 0.25) is 0 Å². The van der Waals surface area contributed by atoms with Crippen LogP contribution in [0.15, 0.2) is 10.5 Å². The van der Waals surface area contributed by atoms with E-state index in [0.29, 0.717) is 5.13 Å². The number of halogens is 2. The average molecular weight is 298 g/mol. The van der Waals surface area contributed by atoms with Crippen LogP contribution in [-0.2, 0) is 14.4 Å². The minimum atomic E-state index is -0.776. The summed E-state index contributed by atoms with van der Waals surface area (Å²) in [6.45, 7) is 1.36. The summed E-state index contributed by atoms with van der Waals surface area (Å²) < 4.78 is 0. The predicted octanol–water partition coefficient (Wildman–Crippen LogP) is 1.64. The molecule has 1 N–H and O–H groups in total. The maximum Gasteiger partial charge on any atom is 0.276 e. The maximum atomic E-state index is 11.0. The first-order valence-corrected chi connectivity index (χ1v) is 5.34. The Bertz CT molecular complexity index is 447. The highest BCUT2D eigenvalue weighted by Crippen LogP contribution is 2.16. The summed E-state index contributed by atoms with van der Waals surface area (Å²) in [5.41, 5.74) is 0.160. The smallest absolute Gasteiger partial charge is 0.276 e. The van der Waals surface area contributed by atoms with Crippen LogP contribution in [0.3, 0.4) is 0 Å². The van der Waals surface area contributed by atoms with E-state index in [-0.39, 0.29) is 29.7 Å². The topological polar surface area (TPSA) is 80.6 Å². The fourth-order valence-corrected chi connectivity index (χ4v) is 1.74. The zero-order valence-corrected chi connectivity index (χ0v) is 11.3. The Balaban J connectivity index is 0.00000256. The van der Waals surface area contributed by atoms with Gasteiger partial charge in [0.05, 0.1) is 0 Å². The quantitative estimate of drug-likeness (QED) is 0.520. The van der Waals surface area contributed by atoms with Gasteiger partial charge in [0.2, 0.25) is 5.91 Å².